The third-order valence-corrected chi connectivity index (χ3v) is 8.76. The minimum absolute atomic E-state index is 0.149. The molecule has 0 aliphatic heterocycles. The number of urea groups is 1. The van der Waals surface area contributed by atoms with Gasteiger partial charge in [-0.3, -0.25) is 9.59 Å². The lowest BCUT2D eigenvalue weighted by Crippen LogP contribution is -2.67. The number of amides is 2. The van der Waals surface area contributed by atoms with Gasteiger partial charge < -0.3 is 33.9 Å². The Morgan fingerprint density at radius 3 is 2.23 bits per heavy atom. The van der Waals surface area contributed by atoms with Crippen LogP contribution >= 0.6 is 11.6 Å². The van der Waals surface area contributed by atoms with Gasteiger partial charge in [-0.05, 0) is 73.9 Å². The summed E-state index contributed by atoms with van der Waals surface area (Å²) in [6, 6.07) is 10.4. The number of Topliss-reactive ketones (excluding diaryl/α,β-unsaturated/α-hetero) is 2. The van der Waals surface area contributed by atoms with Crippen molar-refractivity contribution in [2.75, 3.05) is 39.6 Å². The lowest BCUT2D eigenvalue weighted by molar-refractivity contribution is -0.146. The lowest BCUT2D eigenvalue weighted by Gasteiger charge is -2.47. The third kappa shape index (κ3) is 9.94. The van der Waals surface area contributed by atoms with Crippen molar-refractivity contribution >= 4 is 29.2 Å². The Balaban J connectivity index is 2.01. The van der Waals surface area contributed by atoms with Crippen LogP contribution in [0.15, 0.2) is 36.4 Å². The van der Waals surface area contributed by atoms with Crippen LogP contribution < -0.4 is 14.8 Å². The average Bonchev–Trinajstić information content (AvgIpc) is 3.01. The maximum atomic E-state index is 14.4. The van der Waals surface area contributed by atoms with Crippen molar-refractivity contribution in [1.82, 2.24) is 10.2 Å². The van der Waals surface area contributed by atoms with Gasteiger partial charge in [0, 0.05) is 31.6 Å². The van der Waals surface area contributed by atoms with Crippen molar-refractivity contribution in [3.8, 4) is 11.5 Å². The van der Waals surface area contributed by atoms with E-state index in [1.165, 1.54) is 6.92 Å². The second kappa shape index (κ2) is 17.5. The maximum absolute atomic E-state index is 14.4. The summed E-state index contributed by atoms with van der Waals surface area (Å²) in [7, 11) is 0. The summed E-state index contributed by atoms with van der Waals surface area (Å²) in [5, 5.41) is 3.27. The molecular weight excluding hydrogens is 636 g/mol. The van der Waals surface area contributed by atoms with Crippen molar-refractivity contribution in [2.45, 2.75) is 105 Å². The van der Waals surface area contributed by atoms with Crippen molar-refractivity contribution in [3.05, 3.63) is 58.1 Å². The number of halogens is 1. The Labute approximate surface area is 290 Å². The number of hydrogen-bond donors (Lipinski definition) is 1. The Hall–Kier alpha value is -3.18. The summed E-state index contributed by atoms with van der Waals surface area (Å²) in [6.45, 7) is 17.7. The number of hydrogen-bond acceptors (Lipinski definition) is 8. The lowest BCUT2D eigenvalue weighted by atomic mass is 9.71. The van der Waals surface area contributed by atoms with Crippen molar-refractivity contribution in [2.24, 2.45) is 0 Å². The van der Waals surface area contributed by atoms with Crippen LogP contribution in [-0.4, -0.2) is 79.3 Å². The van der Waals surface area contributed by atoms with Gasteiger partial charge in [0.25, 0.3) is 0 Å². The van der Waals surface area contributed by atoms with E-state index in [2.05, 4.69) is 5.32 Å². The molecule has 2 atom stereocenters. The zero-order chi connectivity index (χ0) is 35.6. The summed E-state index contributed by atoms with van der Waals surface area (Å²) in [4.78, 5) is 42.3. The van der Waals surface area contributed by atoms with E-state index >= 15 is 0 Å². The third-order valence-electron chi connectivity index (χ3n) is 8.37. The van der Waals surface area contributed by atoms with Crippen LogP contribution in [-0.2, 0) is 19.0 Å². The number of nitrogens with one attached hydrogen (secondary N) is 1. The number of rotatable bonds is 18. The van der Waals surface area contributed by atoms with Gasteiger partial charge in [0.15, 0.2) is 17.3 Å². The number of ether oxygens (including phenoxy) is 5. The fourth-order valence-electron chi connectivity index (χ4n) is 5.77. The molecule has 48 heavy (non-hydrogen) atoms. The molecular formula is C37H53ClN2O8. The van der Waals surface area contributed by atoms with E-state index in [-0.39, 0.29) is 66.5 Å². The number of ketones is 2. The van der Waals surface area contributed by atoms with Crippen molar-refractivity contribution in [3.63, 3.8) is 0 Å². The summed E-state index contributed by atoms with van der Waals surface area (Å²) in [6.07, 6.45) is 0.283. The van der Waals surface area contributed by atoms with E-state index in [1.807, 2.05) is 78.8 Å². The van der Waals surface area contributed by atoms with Crippen molar-refractivity contribution < 1.29 is 38.1 Å². The zero-order valence-corrected chi connectivity index (χ0v) is 30.7. The highest BCUT2D eigenvalue weighted by Crippen LogP contribution is 2.43. The molecule has 11 heteroatoms. The van der Waals surface area contributed by atoms with Gasteiger partial charge in [0.05, 0.1) is 48.7 Å². The van der Waals surface area contributed by atoms with Crippen LogP contribution in [0.25, 0.3) is 0 Å². The van der Waals surface area contributed by atoms with E-state index in [4.69, 9.17) is 35.3 Å². The Kier molecular flexibility index (Phi) is 14.3. The van der Waals surface area contributed by atoms with Gasteiger partial charge in [-0.15, -0.1) is 0 Å². The van der Waals surface area contributed by atoms with Gasteiger partial charge in [0.1, 0.15) is 23.5 Å². The topological polar surface area (TPSA) is 113 Å². The quantitative estimate of drug-likeness (QED) is 0.160. The average molecular weight is 689 g/mol. The molecule has 266 valence electrons. The molecule has 1 aliphatic rings. The monoisotopic (exact) mass is 688 g/mol. The maximum Gasteiger partial charge on any atom is 0.318 e. The van der Waals surface area contributed by atoms with Gasteiger partial charge in [-0.1, -0.05) is 41.9 Å². The molecule has 2 amide bonds. The molecule has 0 heterocycles. The molecule has 0 unspecified atom stereocenters. The number of nitrogens with zero attached hydrogens (tertiary/aromatic N) is 1. The van der Waals surface area contributed by atoms with Crippen molar-refractivity contribution in [1.29, 1.82) is 0 Å². The second-order valence-electron chi connectivity index (χ2n) is 13.0. The first-order chi connectivity index (χ1) is 22.7. The standard InChI is InChI=1S/C37H53ClN2O8/c1-10-44-28-21-37(22-28,31(42)23-48-36(7,8)9)39-35(43)40(18-19-47-26(6)27-16-14-13-15-17-27)24(4)29-20-30(45-11-2)32(25(5)41)34(33(29)38)46-12-3/h13-17,20,24,26,28H,10-12,18-19,21-23H2,1-9H3,(H,39,43)/t24-,26+,28?,37?/m1/s1. The fraction of sp³-hybridized carbons (Fsp3) is 0.595. The van der Waals surface area contributed by atoms with Crippen LogP contribution in [0.2, 0.25) is 5.02 Å². The molecule has 1 aliphatic carbocycles. The smallest absolute Gasteiger partial charge is 0.318 e. The van der Waals surface area contributed by atoms with E-state index in [1.54, 1.807) is 17.9 Å². The zero-order valence-electron chi connectivity index (χ0n) is 29.9. The predicted octanol–water partition coefficient (Wildman–Crippen LogP) is 7.51. The van der Waals surface area contributed by atoms with E-state index in [0.717, 1.165) is 5.56 Å². The highest BCUT2D eigenvalue weighted by molar-refractivity contribution is 6.33. The fourth-order valence-corrected chi connectivity index (χ4v) is 6.13. The Morgan fingerprint density at radius 2 is 1.67 bits per heavy atom. The van der Waals surface area contributed by atoms with E-state index < -0.39 is 23.2 Å². The first-order valence-electron chi connectivity index (χ1n) is 16.8. The number of carbonyl (C=O) groups is 3. The Morgan fingerprint density at radius 1 is 1.02 bits per heavy atom. The van der Waals surface area contributed by atoms with Gasteiger partial charge in [0.2, 0.25) is 0 Å². The molecule has 3 rings (SSSR count). The molecule has 2 aromatic carbocycles. The van der Waals surface area contributed by atoms with Gasteiger partial charge >= 0.3 is 6.03 Å². The predicted molar refractivity (Wildman–Crippen MR) is 186 cm³/mol. The molecule has 1 fully saturated rings. The number of benzene rings is 2. The normalized spacial score (nSPS) is 18.8. The van der Waals surface area contributed by atoms with Crippen LogP contribution in [0.4, 0.5) is 4.79 Å². The summed E-state index contributed by atoms with van der Waals surface area (Å²) >= 11 is 6.97. The molecule has 0 spiro atoms. The molecule has 0 radical (unpaired) electrons. The molecule has 2 aromatic rings. The minimum Gasteiger partial charge on any atom is -0.493 e. The first kappa shape index (κ1) is 39.3. The summed E-state index contributed by atoms with van der Waals surface area (Å²) < 4.78 is 29.6. The summed E-state index contributed by atoms with van der Waals surface area (Å²) in [5.74, 6) is 0.0499. The molecule has 10 nitrogen and oxygen atoms in total. The molecule has 0 saturated heterocycles. The van der Waals surface area contributed by atoms with E-state index in [9.17, 15) is 14.4 Å². The molecule has 0 aromatic heterocycles. The van der Waals surface area contributed by atoms with Crippen LogP contribution in [0, 0.1) is 0 Å². The molecule has 1 N–H and O–H groups in total. The van der Waals surface area contributed by atoms with Gasteiger partial charge in [-0.2, -0.15) is 0 Å². The molecule has 0 bridgehead atoms. The highest BCUT2D eigenvalue weighted by Gasteiger charge is 2.52. The first-order valence-corrected chi connectivity index (χ1v) is 17.2. The summed E-state index contributed by atoms with van der Waals surface area (Å²) in [5.41, 5.74) is 0.0870. The SMILES string of the molecule is CCOc1cc([C@@H](C)N(CCO[C@@H](C)c2ccccc2)C(=O)NC2(C(=O)COC(C)(C)C)CC(OCC)C2)c(Cl)c(OCC)c1C(C)=O. The largest absolute Gasteiger partial charge is 0.493 e. The van der Waals surface area contributed by atoms with Crippen LogP contribution in [0.1, 0.15) is 109 Å². The van der Waals surface area contributed by atoms with Crippen LogP contribution in [0.5, 0.6) is 11.5 Å². The Bertz CT molecular complexity index is 1390. The van der Waals surface area contributed by atoms with Gasteiger partial charge in [-0.25, -0.2) is 4.79 Å². The van der Waals surface area contributed by atoms with Crippen LogP contribution in [0.3, 0.4) is 0 Å². The minimum atomic E-state index is -1.16. The second-order valence-corrected chi connectivity index (χ2v) is 13.4. The molecule has 1 saturated carbocycles. The number of carbonyl (C=O) groups excluding carboxylic acids is 3. The highest BCUT2D eigenvalue weighted by atomic mass is 35.5. The van der Waals surface area contributed by atoms with E-state index in [0.29, 0.717) is 37.4 Å².